The van der Waals surface area contributed by atoms with Gasteiger partial charge in [0.25, 0.3) is 5.95 Å². The van der Waals surface area contributed by atoms with Crippen LogP contribution in [-0.2, 0) is 4.79 Å². The van der Waals surface area contributed by atoms with Crippen LogP contribution in [0.5, 0.6) is 0 Å². The molecule has 4 rings (SSSR count). The van der Waals surface area contributed by atoms with E-state index in [0.29, 0.717) is 35.7 Å². The van der Waals surface area contributed by atoms with E-state index < -0.39 is 0 Å². The highest BCUT2D eigenvalue weighted by Crippen LogP contribution is 2.32. The molecule has 0 aliphatic carbocycles. The van der Waals surface area contributed by atoms with Crippen LogP contribution in [0.4, 0.5) is 11.6 Å². The van der Waals surface area contributed by atoms with Crippen molar-refractivity contribution in [3.8, 4) is 11.3 Å². The van der Waals surface area contributed by atoms with Gasteiger partial charge in [0, 0.05) is 54.3 Å². The first-order valence-electron chi connectivity index (χ1n) is 11.3. The zero-order valence-electron chi connectivity index (χ0n) is 19.0. The minimum atomic E-state index is -0.107. The average Bonchev–Trinajstić information content (AvgIpc) is 2.83. The number of nitrogens with zero attached hydrogens (tertiary/aromatic N) is 5. The monoisotopic (exact) mass is 477 g/mol. The summed E-state index contributed by atoms with van der Waals surface area (Å²) in [6.07, 6.45) is 4.14. The van der Waals surface area contributed by atoms with Crippen LogP contribution < -0.4 is 16.4 Å². The van der Waals surface area contributed by atoms with E-state index in [0.717, 1.165) is 42.6 Å². The first kappa shape index (κ1) is 23.5. The van der Waals surface area contributed by atoms with Gasteiger partial charge < -0.3 is 21.3 Å². The van der Waals surface area contributed by atoms with Crippen LogP contribution in [0.1, 0.15) is 19.3 Å². The van der Waals surface area contributed by atoms with Crippen molar-refractivity contribution in [2.24, 2.45) is 16.5 Å². The predicted octanol–water partition coefficient (Wildman–Crippen LogP) is 3.86. The molecular weight excluding hydrogens is 450 g/mol. The number of hydrogen-bond acceptors (Lipinski definition) is 5. The summed E-state index contributed by atoms with van der Waals surface area (Å²) in [5, 5.41) is 1.41. The van der Waals surface area contributed by atoms with E-state index >= 15 is 0 Å². The number of fused-ring (bicyclic) bond motifs is 1. The van der Waals surface area contributed by atoms with Crippen LogP contribution in [0.15, 0.2) is 60.1 Å². The van der Waals surface area contributed by atoms with Crippen molar-refractivity contribution in [2.75, 3.05) is 31.1 Å². The Bertz CT molecular complexity index is 1230. The number of allylic oxidation sites excluding steroid dienone is 1. The number of piperazine rings is 1. The molecule has 0 radical (unpaired) electrons. The highest BCUT2D eigenvalue weighted by molar-refractivity contribution is 6.31. The SMILES string of the molecule is C=CCCCC(=O)N1CCN(c2cccc(-c3nc(N=C(N)N)nc4ccc(Cl)cc34)c2)CC1. The van der Waals surface area contributed by atoms with Crippen molar-refractivity contribution in [3.63, 3.8) is 0 Å². The van der Waals surface area contributed by atoms with Crippen LogP contribution in [0.25, 0.3) is 22.2 Å². The molecule has 2 heterocycles. The molecule has 8 nitrogen and oxygen atoms in total. The van der Waals surface area contributed by atoms with Gasteiger partial charge in [0.15, 0.2) is 5.96 Å². The number of amides is 1. The lowest BCUT2D eigenvalue weighted by atomic mass is 10.1. The third kappa shape index (κ3) is 5.46. The molecule has 9 heteroatoms. The van der Waals surface area contributed by atoms with Crippen molar-refractivity contribution in [2.45, 2.75) is 19.3 Å². The number of anilines is 1. The third-order valence-corrected chi connectivity index (χ3v) is 6.03. The van der Waals surface area contributed by atoms with Gasteiger partial charge in [0.1, 0.15) is 0 Å². The van der Waals surface area contributed by atoms with Crippen LogP contribution in [0.2, 0.25) is 5.02 Å². The Balaban J connectivity index is 1.59. The number of benzene rings is 2. The van der Waals surface area contributed by atoms with E-state index in [9.17, 15) is 4.79 Å². The third-order valence-electron chi connectivity index (χ3n) is 5.79. The molecule has 0 unspecified atom stereocenters. The van der Waals surface area contributed by atoms with E-state index in [1.807, 2.05) is 35.2 Å². The highest BCUT2D eigenvalue weighted by Gasteiger charge is 2.21. The molecule has 1 aromatic heterocycles. The van der Waals surface area contributed by atoms with Crippen molar-refractivity contribution in [1.29, 1.82) is 0 Å². The number of carbonyl (C=O) groups is 1. The van der Waals surface area contributed by atoms with Crippen molar-refractivity contribution >= 4 is 46.0 Å². The van der Waals surface area contributed by atoms with Crippen LogP contribution in [0, 0.1) is 0 Å². The average molecular weight is 478 g/mol. The normalized spacial score (nSPS) is 13.7. The summed E-state index contributed by atoms with van der Waals surface area (Å²) < 4.78 is 0. The molecule has 1 aliphatic rings. The Morgan fingerprint density at radius 3 is 2.65 bits per heavy atom. The van der Waals surface area contributed by atoms with Crippen LogP contribution >= 0.6 is 11.6 Å². The lowest BCUT2D eigenvalue weighted by molar-refractivity contribution is -0.131. The van der Waals surface area contributed by atoms with E-state index in [1.54, 1.807) is 6.07 Å². The fourth-order valence-electron chi connectivity index (χ4n) is 4.09. The van der Waals surface area contributed by atoms with Gasteiger partial charge in [-0.15, -0.1) is 6.58 Å². The zero-order valence-corrected chi connectivity index (χ0v) is 19.7. The molecule has 0 atom stereocenters. The van der Waals surface area contributed by atoms with Gasteiger partial charge in [-0.1, -0.05) is 29.8 Å². The molecule has 1 saturated heterocycles. The van der Waals surface area contributed by atoms with E-state index in [4.69, 9.17) is 23.1 Å². The summed E-state index contributed by atoms with van der Waals surface area (Å²) in [6, 6.07) is 13.6. The fraction of sp³-hybridized carbons (Fsp3) is 0.280. The number of carbonyl (C=O) groups excluding carboxylic acids is 1. The standard InChI is InChI=1S/C25H28ClN7O/c1-2-3-4-8-22(34)33-13-11-32(12-14-33)19-7-5-6-17(15-19)23-20-16-18(26)9-10-21(20)29-25(30-23)31-24(27)28/h2,5-7,9-10,15-16H,1,3-4,8,11-14H2,(H4,27,28,29,30,31). The molecule has 1 aliphatic heterocycles. The van der Waals surface area contributed by atoms with Crippen molar-refractivity contribution in [3.05, 3.63) is 60.1 Å². The summed E-state index contributed by atoms with van der Waals surface area (Å²) in [5.41, 5.74) is 14.5. The quantitative estimate of drug-likeness (QED) is 0.231. The Kier molecular flexibility index (Phi) is 7.27. The highest BCUT2D eigenvalue weighted by atomic mass is 35.5. The second-order valence-corrected chi connectivity index (χ2v) is 8.61. The van der Waals surface area contributed by atoms with Gasteiger partial charge in [0.05, 0.1) is 11.2 Å². The summed E-state index contributed by atoms with van der Waals surface area (Å²) in [5.74, 6) is 0.301. The molecule has 34 heavy (non-hydrogen) atoms. The van der Waals surface area contributed by atoms with Gasteiger partial charge >= 0.3 is 0 Å². The van der Waals surface area contributed by atoms with Crippen molar-refractivity contribution < 1.29 is 4.79 Å². The van der Waals surface area contributed by atoms with Gasteiger partial charge in [-0.2, -0.15) is 4.99 Å². The largest absolute Gasteiger partial charge is 0.370 e. The Morgan fingerprint density at radius 2 is 1.91 bits per heavy atom. The zero-order chi connectivity index (χ0) is 24.1. The Morgan fingerprint density at radius 1 is 1.12 bits per heavy atom. The maximum atomic E-state index is 12.4. The number of guanidine groups is 1. The fourth-order valence-corrected chi connectivity index (χ4v) is 4.27. The number of halogens is 1. The minimum absolute atomic E-state index is 0.107. The maximum Gasteiger partial charge on any atom is 0.253 e. The minimum Gasteiger partial charge on any atom is -0.370 e. The Hall–Kier alpha value is -3.65. The lowest BCUT2D eigenvalue weighted by Crippen LogP contribution is -2.48. The smallest absolute Gasteiger partial charge is 0.253 e. The van der Waals surface area contributed by atoms with Crippen molar-refractivity contribution in [1.82, 2.24) is 14.9 Å². The molecule has 0 spiro atoms. The second-order valence-electron chi connectivity index (χ2n) is 8.17. The summed E-state index contributed by atoms with van der Waals surface area (Å²) in [6.45, 7) is 6.67. The summed E-state index contributed by atoms with van der Waals surface area (Å²) in [4.78, 5) is 29.8. The number of hydrogen-bond donors (Lipinski definition) is 2. The van der Waals surface area contributed by atoms with E-state index in [1.165, 1.54) is 0 Å². The second kappa shape index (κ2) is 10.5. The van der Waals surface area contributed by atoms with Crippen LogP contribution in [0.3, 0.4) is 0 Å². The number of aliphatic imine (C=N–C) groups is 1. The molecule has 1 amide bonds. The van der Waals surface area contributed by atoms with Gasteiger partial charge in [-0.3, -0.25) is 4.79 Å². The summed E-state index contributed by atoms with van der Waals surface area (Å²) >= 11 is 6.27. The lowest BCUT2D eigenvalue weighted by Gasteiger charge is -2.36. The molecule has 4 N–H and O–H groups in total. The molecule has 0 bridgehead atoms. The predicted molar refractivity (Wildman–Crippen MR) is 138 cm³/mol. The number of nitrogens with two attached hydrogens (primary N) is 2. The first-order valence-corrected chi connectivity index (χ1v) is 11.6. The number of aromatic nitrogens is 2. The molecule has 3 aromatic rings. The first-order chi connectivity index (χ1) is 16.4. The molecule has 1 fully saturated rings. The molecule has 0 saturated carbocycles. The maximum absolute atomic E-state index is 12.4. The molecule has 2 aromatic carbocycles. The molecule has 176 valence electrons. The number of rotatable bonds is 7. The van der Waals surface area contributed by atoms with Gasteiger partial charge in [0.2, 0.25) is 5.91 Å². The van der Waals surface area contributed by atoms with Gasteiger partial charge in [-0.25, -0.2) is 9.97 Å². The van der Waals surface area contributed by atoms with E-state index in [2.05, 4.69) is 38.6 Å². The summed E-state index contributed by atoms with van der Waals surface area (Å²) in [7, 11) is 0. The topological polar surface area (TPSA) is 114 Å². The van der Waals surface area contributed by atoms with Gasteiger partial charge in [-0.05, 0) is 43.2 Å². The Labute approximate surface area is 203 Å². The molecular formula is C25H28ClN7O. The van der Waals surface area contributed by atoms with E-state index in [-0.39, 0.29) is 17.8 Å². The van der Waals surface area contributed by atoms with Crippen LogP contribution in [-0.4, -0.2) is 52.9 Å². The number of unbranched alkanes of at least 4 members (excludes halogenated alkanes) is 1.